The summed E-state index contributed by atoms with van der Waals surface area (Å²) in [4.78, 5) is 16.9. The maximum Gasteiger partial charge on any atom is 0.232 e. The van der Waals surface area contributed by atoms with Gasteiger partial charge in [0.2, 0.25) is 5.91 Å². The molecule has 0 radical (unpaired) electrons. The average molecular weight is 362 g/mol. The zero-order valence-electron chi connectivity index (χ0n) is 15.4. The zero-order valence-corrected chi connectivity index (χ0v) is 15.4. The molecular weight excluding hydrogens is 340 g/mol. The number of nitriles is 1. The van der Waals surface area contributed by atoms with Crippen LogP contribution in [0.1, 0.15) is 42.5 Å². The Morgan fingerprint density at radius 3 is 2.89 bits per heavy atom. The Kier molecular flexibility index (Phi) is 5.36. The molecular formula is C20H22N6O. The lowest BCUT2D eigenvalue weighted by Gasteiger charge is -2.11. The first-order valence-electron chi connectivity index (χ1n) is 8.84. The average Bonchev–Trinajstić information content (AvgIpc) is 3.41. The van der Waals surface area contributed by atoms with E-state index in [1.807, 2.05) is 19.1 Å². The lowest BCUT2D eigenvalue weighted by atomic mass is 10.0. The van der Waals surface area contributed by atoms with Crippen LogP contribution in [0.25, 0.3) is 0 Å². The quantitative estimate of drug-likeness (QED) is 0.683. The molecule has 1 aromatic carbocycles. The van der Waals surface area contributed by atoms with Gasteiger partial charge < -0.3 is 11.1 Å². The fourth-order valence-corrected chi connectivity index (χ4v) is 2.74. The summed E-state index contributed by atoms with van der Waals surface area (Å²) in [5, 5.41) is 19.0. The molecule has 138 valence electrons. The van der Waals surface area contributed by atoms with Crippen LogP contribution < -0.4 is 11.1 Å². The molecule has 1 amide bonds. The van der Waals surface area contributed by atoms with Gasteiger partial charge in [-0.1, -0.05) is 0 Å². The molecule has 1 aromatic heterocycles. The summed E-state index contributed by atoms with van der Waals surface area (Å²) in [5.41, 5.74) is 9.45. The Bertz CT molecular complexity index is 946. The van der Waals surface area contributed by atoms with Crippen molar-refractivity contribution in [3.8, 4) is 6.07 Å². The number of aliphatic imine (C=N–C) groups is 1. The van der Waals surface area contributed by atoms with Crippen molar-refractivity contribution in [2.75, 3.05) is 5.32 Å². The van der Waals surface area contributed by atoms with Crippen LogP contribution in [0.4, 0.5) is 11.5 Å². The minimum atomic E-state index is -0.500. The number of benzene rings is 1. The van der Waals surface area contributed by atoms with E-state index in [9.17, 15) is 4.79 Å². The number of aromatic nitrogens is 2. The fraction of sp³-hybridized carbons (Fsp3) is 0.300. The van der Waals surface area contributed by atoms with E-state index >= 15 is 0 Å². The number of aromatic amines is 1. The smallest absolute Gasteiger partial charge is 0.232 e. The number of nitrogens with one attached hydrogen (secondary N) is 2. The molecule has 7 nitrogen and oxygen atoms in total. The number of hydrogen-bond acceptors (Lipinski definition) is 5. The molecule has 27 heavy (non-hydrogen) atoms. The van der Waals surface area contributed by atoms with Crippen molar-refractivity contribution in [1.82, 2.24) is 10.2 Å². The van der Waals surface area contributed by atoms with Crippen molar-refractivity contribution in [2.24, 2.45) is 16.6 Å². The minimum absolute atomic E-state index is 0.214. The Hall–Kier alpha value is -3.40. The molecule has 0 saturated heterocycles. The van der Waals surface area contributed by atoms with Crippen molar-refractivity contribution in [2.45, 2.75) is 32.6 Å². The van der Waals surface area contributed by atoms with Gasteiger partial charge in [-0.15, -0.1) is 0 Å². The number of hydrogen-bond donors (Lipinski definition) is 3. The molecule has 0 aliphatic heterocycles. The summed E-state index contributed by atoms with van der Waals surface area (Å²) in [5.74, 6) is 0.341. The van der Waals surface area contributed by atoms with Crippen LogP contribution in [0.15, 0.2) is 41.0 Å². The van der Waals surface area contributed by atoms with Crippen LogP contribution in [0.2, 0.25) is 0 Å². The van der Waals surface area contributed by atoms with Gasteiger partial charge in [-0.25, -0.2) is 0 Å². The predicted molar refractivity (Wildman–Crippen MR) is 105 cm³/mol. The highest BCUT2D eigenvalue weighted by Gasteiger charge is 2.26. The molecule has 1 unspecified atom stereocenters. The number of carbonyl (C=O) groups excluding carboxylic acids is 1. The van der Waals surface area contributed by atoms with Crippen molar-refractivity contribution < 1.29 is 4.79 Å². The van der Waals surface area contributed by atoms with Crippen LogP contribution in [-0.4, -0.2) is 22.3 Å². The molecule has 1 aliphatic carbocycles. The van der Waals surface area contributed by atoms with Crippen LogP contribution in [0.5, 0.6) is 0 Å². The number of nitrogens with two attached hydrogens (primary N) is 1. The topological polar surface area (TPSA) is 120 Å². The van der Waals surface area contributed by atoms with Crippen LogP contribution in [0.3, 0.4) is 0 Å². The largest absolute Gasteiger partial charge is 0.404 e. The second-order valence-electron chi connectivity index (χ2n) is 6.79. The number of nitrogens with zero attached hydrogens (tertiary/aromatic N) is 3. The summed E-state index contributed by atoms with van der Waals surface area (Å²) in [6, 6.07) is 9.31. The highest BCUT2D eigenvalue weighted by molar-refractivity contribution is 5.98. The summed E-state index contributed by atoms with van der Waals surface area (Å²) >= 11 is 0. The van der Waals surface area contributed by atoms with Gasteiger partial charge in [0.25, 0.3) is 0 Å². The van der Waals surface area contributed by atoms with Crippen LogP contribution >= 0.6 is 0 Å². The molecule has 1 atom stereocenters. The third-order valence-electron chi connectivity index (χ3n) is 4.51. The number of rotatable bonds is 6. The maximum atomic E-state index is 12.5. The Morgan fingerprint density at radius 1 is 1.44 bits per heavy atom. The zero-order chi connectivity index (χ0) is 19.4. The van der Waals surface area contributed by atoms with Crippen molar-refractivity contribution >= 4 is 23.6 Å². The predicted octanol–water partition coefficient (Wildman–Crippen LogP) is 3.29. The van der Waals surface area contributed by atoms with E-state index in [1.54, 1.807) is 25.3 Å². The molecule has 1 aliphatic rings. The fourth-order valence-electron chi connectivity index (χ4n) is 2.74. The standard InChI is InChI=1S/C20H22N6O/c1-12-5-14(9-21)7-17(6-12)23-11-16(10-22)13(2)20(27)24-19-8-18(25-26-19)15-3-4-15/h5-8,10-11,13,15H,3-4,22H2,1-2H3,(H2,24,25,26,27)/b16-10+,23-11?. The second kappa shape index (κ2) is 7.87. The number of H-pyrrole nitrogens is 1. The van der Waals surface area contributed by atoms with Gasteiger partial charge in [-0.3, -0.25) is 14.9 Å². The first-order valence-corrected chi connectivity index (χ1v) is 8.84. The van der Waals surface area contributed by atoms with Crippen molar-refractivity contribution in [3.63, 3.8) is 0 Å². The second-order valence-corrected chi connectivity index (χ2v) is 6.79. The Balaban J connectivity index is 1.67. The van der Waals surface area contributed by atoms with Crippen molar-refractivity contribution in [3.05, 3.63) is 52.9 Å². The molecule has 2 aromatic rings. The van der Waals surface area contributed by atoms with Crippen LogP contribution in [0, 0.1) is 24.2 Å². The van der Waals surface area contributed by atoms with Gasteiger partial charge in [0, 0.05) is 23.9 Å². The van der Waals surface area contributed by atoms with Crippen molar-refractivity contribution in [1.29, 1.82) is 5.26 Å². The highest BCUT2D eigenvalue weighted by Crippen LogP contribution is 2.39. The van der Waals surface area contributed by atoms with Gasteiger partial charge in [-0.2, -0.15) is 10.4 Å². The van der Waals surface area contributed by atoms with Crippen LogP contribution in [-0.2, 0) is 4.79 Å². The molecule has 4 N–H and O–H groups in total. The van der Waals surface area contributed by atoms with Gasteiger partial charge in [-0.05, 0) is 62.2 Å². The Morgan fingerprint density at radius 2 is 2.22 bits per heavy atom. The summed E-state index contributed by atoms with van der Waals surface area (Å²) < 4.78 is 0. The molecule has 3 rings (SSSR count). The first-order chi connectivity index (χ1) is 13.0. The first kappa shape index (κ1) is 18.4. The lowest BCUT2D eigenvalue weighted by molar-refractivity contribution is -0.118. The molecule has 1 heterocycles. The lowest BCUT2D eigenvalue weighted by Crippen LogP contribution is -2.23. The Labute approximate surface area is 158 Å². The molecule has 1 saturated carbocycles. The number of aryl methyl sites for hydroxylation is 1. The van der Waals surface area contributed by atoms with Gasteiger partial charge in [0.15, 0.2) is 5.82 Å². The molecule has 0 bridgehead atoms. The van der Waals surface area contributed by atoms with E-state index < -0.39 is 5.92 Å². The molecule has 0 spiro atoms. The summed E-state index contributed by atoms with van der Waals surface area (Å²) in [7, 11) is 0. The summed E-state index contributed by atoms with van der Waals surface area (Å²) in [6.45, 7) is 3.65. The molecule has 1 fully saturated rings. The van der Waals surface area contributed by atoms with E-state index in [0.717, 1.165) is 24.1 Å². The van der Waals surface area contributed by atoms with Gasteiger partial charge >= 0.3 is 0 Å². The number of amides is 1. The number of anilines is 1. The summed E-state index contributed by atoms with van der Waals surface area (Å²) in [6.07, 6.45) is 5.25. The third-order valence-corrected chi connectivity index (χ3v) is 4.51. The highest BCUT2D eigenvalue weighted by atomic mass is 16.1. The maximum absolute atomic E-state index is 12.5. The van der Waals surface area contributed by atoms with E-state index in [2.05, 4.69) is 26.6 Å². The van der Waals surface area contributed by atoms with Gasteiger partial charge in [0.1, 0.15) is 0 Å². The van der Waals surface area contributed by atoms with E-state index in [0.29, 0.717) is 28.6 Å². The molecule has 7 heteroatoms. The number of carbonyl (C=O) groups is 1. The van der Waals surface area contributed by atoms with E-state index in [1.165, 1.54) is 6.20 Å². The van der Waals surface area contributed by atoms with Gasteiger partial charge in [0.05, 0.1) is 23.2 Å². The minimum Gasteiger partial charge on any atom is -0.404 e. The monoisotopic (exact) mass is 362 g/mol. The SMILES string of the molecule is Cc1cc(C#N)cc(N=C/C(=C\N)C(C)C(=O)Nc2cc(C3CC3)[nH]n2)c1. The van der Waals surface area contributed by atoms with E-state index in [-0.39, 0.29) is 5.91 Å². The third kappa shape index (κ3) is 4.61. The normalized spacial score (nSPS) is 15.5. The van der Waals surface area contributed by atoms with E-state index in [4.69, 9.17) is 11.0 Å².